The zero-order valence-corrected chi connectivity index (χ0v) is 13.3. The van der Waals surface area contributed by atoms with Crippen LogP contribution in [0.5, 0.6) is 5.75 Å². The Labute approximate surface area is 122 Å². The summed E-state index contributed by atoms with van der Waals surface area (Å²) in [6.07, 6.45) is 0. The monoisotopic (exact) mass is 329 g/mol. The number of ether oxygens (including phenoxy) is 1. The summed E-state index contributed by atoms with van der Waals surface area (Å²) < 4.78 is 6.86. The second-order valence-corrected chi connectivity index (χ2v) is 7.06. The molecule has 2 rings (SSSR count). The molecule has 0 N–H and O–H groups in total. The summed E-state index contributed by atoms with van der Waals surface area (Å²) in [6, 6.07) is 8.68. The Balaban J connectivity index is 1.78. The fourth-order valence-corrected chi connectivity index (χ4v) is 3.69. The van der Waals surface area contributed by atoms with Crippen molar-refractivity contribution in [1.82, 2.24) is 4.90 Å². The molecule has 2 nitrogen and oxygen atoms in total. The number of hydrogen-bond donors (Lipinski definition) is 0. The van der Waals surface area contributed by atoms with Crippen LogP contribution in [-0.2, 0) is 0 Å². The Morgan fingerprint density at radius 1 is 1.44 bits per heavy atom. The van der Waals surface area contributed by atoms with Crippen molar-refractivity contribution in [2.75, 3.05) is 25.4 Å². The molecule has 0 spiro atoms. The zero-order valence-electron chi connectivity index (χ0n) is 10.9. The molecule has 0 amide bonds. The van der Waals surface area contributed by atoms with Gasteiger partial charge >= 0.3 is 0 Å². The summed E-state index contributed by atoms with van der Waals surface area (Å²) in [4.78, 5) is 2.53. The van der Waals surface area contributed by atoms with Gasteiger partial charge in [-0.15, -0.1) is 0 Å². The molecule has 1 fully saturated rings. The molecule has 0 radical (unpaired) electrons. The quantitative estimate of drug-likeness (QED) is 0.836. The molecule has 1 aromatic rings. The first-order valence-electron chi connectivity index (χ1n) is 6.41. The molecule has 0 aromatic heterocycles. The Bertz CT molecular complexity index is 388. The Hall–Kier alpha value is -0.190. The van der Waals surface area contributed by atoms with E-state index in [-0.39, 0.29) is 0 Å². The van der Waals surface area contributed by atoms with Crippen LogP contribution in [0, 0.1) is 0 Å². The minimum absolute atomic E-state index is 0.648. The highest BCUT2D eigenvalue weighted by Crippen LogP contribution is 2.24. The maximum Gasteiger partial charge on any atom is 0.120 e. The van der Waals surface area contributed by atoms with E-state index >= 15 is 0 Å². The summed E-state index contributed by atoms with van der Waals surface area (Å²) in [5, 5.41) is 0.726. The molecule has 18 heavy (non-hydrogen) atoms. The van der Waals surface area contributed by atoms with Gasteiger partial charge in [0, 0.05) is 34.6 Å². The van der Waals surface area contributed by atoms with E-state index in [0.717, 1.165) is 28.6 Å². The summed E-state index contributed by atoms with van der Waals surface area (Å²) in [7, 11) is 0. The van der Waals surface area contributed by atoms with E-state index in [1.54, 1.807) is 0 Å². The standard InChI is InChI=1S/C14H20BrNOS/c1-11-12(2)18-9-7-16(11)6-8-17-14-5-3-4-13(15)10-14/h3-5,10-12H,6-9H2,1-2H3. The fourth-order valence-electron chi connectivity index (χ4n) is 2.15. The molecule has 0 saturated carbocycles. The van der Waals surface area contributed by atoms with Crippen LogP contribution in [0.25, 0.3) is 0 Å². The third kappa shape index (κ3) is 3.90. The van der Waals surface area contributed by atoms with E-state index < -0.39 is 0 Å². The third-order valence-electron chi connectivity index (χ3n) is 3.46. The van der Waals surface area contributed by atoms with Gasteiger partial charge in [0.25, 0.3) is 0 Å². The number of benzene rings is 1. The van der Waals surface area contributed by atoms with Crippen LogP contribution >= 0.6 is 27.7 Å². The lowest BCUT2D eigenvalue weighted by molar-refractivity contribution is 0.170. The second-order valence-electron chi connectivity index (χ2n) is 4.66. The van der Waals surface area contributed by atoms with E-state index in [1.165, 1.54) is 12.3 Å². The minimum atomic E-state index is 0.648. The second kappa shape index (κ2) is 6.83. The minimum Gasteiger partial charge on any atom is -0.492 e. The molecule has 0 bridgehead atoms. The molecule has 100 valence electrons. The van der Waals surface area contributed by atoms with Crippen LogP contribution in [-0.4, -0.2) is 41.6 Å². The van der Waals surface area contributed by atoms with Gasteiger partial charge in [0.15, 0.2) is 0 Å². The van der Waals surface area contributed by atoms with Crippen molar-refractivity contribution in [3.8, 4) is 5.75 Å². The van der Waals surface area contributed by atoms with Crippen LogP contribution in [0.1, 0.15) is 13.8 Å². The normalized spacial score (nSPS) is 25.1. The maximum absolute atomic E-state index is 5.79. The molecule has 2 atom stereocenters. The average Bonchev–Trinajstić information content (AvgIpc) is 2.35. The lowest BCUT2D eigenvalue weighted by Crippen LogP contribution is -2.46. The summed E-state index contributed by atoms with van der Waals surface area (Å²) in [5.41, 5.74) is 0. The van der Waals surface area contributed by atoms with Gasteiger partial charge in [0.05, 0.1) is 0 Å². The highest BCUT2D eigenvalue weighted by molar-refractivity contribution is 9.10. The van der Waals surface area contributed by atoms with Gasteiger partial charge < -0.3 is 4.74 Å². The number of rotatable bonds is 4. The van der Waals surface area contributed by atoms with Crippen molar-refractivity contribution in [3.05, 3.63) is 28.7 Å². The van der Waals surface area contributed by atoms with Crippen LogP contribution in [0.2, 0.25) is 0 Å². The average molecular weight is 330 g/mol. The van der Waals surface area contributed by atoms with Crippen molar-refractivity contribution in [2.24, 2.45) is 0 Å². The summed E-state index contributed by atoms with van der Waals surface area (Å²) in [6.45, 7) is 7.58. The summed E-state index contributed by atoms with van der Waals surface area (Å²) in [5.74, 6) is 2.18. The number of thioether (sulfide) groups is 1. The van der Waals surface area contributed by atoms with E-state index in [2.05, 4.69) is 46.4 Å². The molecule has 2 unspecified atom stereocenters. The van der Waals surface area contributed by atoms with E-state index in [9.17, 15) is 0 Å². The summed E-state index contributed by atoms with van der Waals surface area (Å²) >= 11 is 5.53. The van der Waals surface area contributed by atoms with Crippen LogP contribution in [0.3, 0.4) is 0 Å². The van der Waals surface area contributed by atoms with Gasteiger partial charge in [-0.25, -0.2) is 0 Å². The Kier molecular flexibility index (Phi) is 5.39. The maximum atomic E-state index is 5.79. The van der Waals surface area contributed by atoms with E-state index in [0.29, 0.717) is 6.04 Å². The van der Waals surface area contributed by atoms with Crippen LogP contribution < -0.4 is 4.74 Å². The molecule has 1 aliphatic rings. The predicted octanol–water partition coefficient (Wildman–Crippen LogP) is 3.65. The highest BCUT2D eigenvalue weighted by atomic mass is 79.9. The molecule has 1 saturated heterocycles. The smallest absolute Gasteiger partial charge is 0.120 e. The van der Waals surface area contributed by atoms with Gasteiger partial charge in [0.2, 0.25) is 0 Å². The molecular weight excluding hydrogens is 310 g/mol. The first-order chi connectivity index (χ1) is 8.66. The predicted molar refractivity (Wildman–Crippen MR) is 82.6 cm³/mol. The van der Waals surface area contributed by atoms with Gasteiger partial charge in [0.1, 0.15) is 12.4 Å². The molecule has 1 aliphatic heterocycles. The Morgan fingerprint density at radius 2 is 2.28 bits per heavy atom. The largest absolute Gasteiger partial charge is 0.492 e. The number of halogens is 1. The third-order valence-corrected chi connectivity index (χ3v) is 5.29. The van der Waals surface area contributed by atoms with Gasteiger partial charge in [-0.05, 0) is 25.1 Å². The molecule has 1 heterocycles. The van der Waals surface area contributed by atoms with Gasteiger partial charge in [-0.2, -0.15) is 11.8 Å². The topological polar surface area (TPSA) is 12.5 Å². The highest BCUT2D eigenvalue weighted by Gasteiger charge is 2.24. The van der Waals surface area contributed by atoms with Crippen molar-refractivity contribution in [1.29, 1.82) is 0 Å². The number of hydrogen-bond acceptors (Lipinski definition) is 3. The van der Waals surface area contributed by atoms with Gasteiger partial charge in [-0.1, -0.05) is 28.9 Å². The Morgan fingerprint density at radius 3 is 3.06 bits per heavy atom. The zero-order chi connectivity index (χ0) is 13.0. The van der Waals surface area contributed by atoms with Crippen LogP contribution in [0.4, 0.5) is 0 Å². The van der Waals surface area contributed by atoms with E-state index in [1.807, 2.05) is 24.3 Å². The molecule has 1 aromatic carbocycles. The molecular formula is C14H20BrNOS. The van der Waals surface area contributed by atoms with Crippen LogP contribution in [0.15, 0.2) is 28.7 Å². The lowest BCUT2D eigenvalue weighted by Gasteiger charge is -2.37. The van der Waals surface area contributed by atoms with Crippen molar-refractivity contribution < 1.29 is 4.74 Å². The molecule has 0 aliphatic carbocycles. The SMILES string of the molecule is CC1SCCN(CCOc2cccc(Br)c2)C1C. The van der Waals surface area contributed by atoms with Crippen molar-refractivity contribution in [2.45, 2.75) is 25.1 Å². The van der Waals surface area contributed by atoms with Crippen molar-refractivity contribution in [3.63, 3.8) is 0 Å². The van der Waals surface area contributed by atoms with Gasteiger partial charge in [-0.3, -0.25) is 4.90 Å². The fraction of sp³-hybridized carbons (Fsp3) is 0.571. The first-order valence-corrected chi connectivity index (χ1v) is 8.25. The van der Waals surface area contributed by atoms with Crippen molar-refractivity contribution >= 4 is 27.7 Å². The number of nitrogens with zero attached hydrogens (tertiary/aromatic N) is 1. The van der Waals surface area contributed by atoms with E-state index in [4.69, 9.17) is 4.74 Å². The molecule has 4 heteroatoms. The lowest BCUT2D eigenvalue weighted by atomic mass is 10.2. The first kappa shape index (κ1) is 14.2.